The first-order valence-corrected chi connectivity index (χ1v) is 6.68. The van der Waals surface area contributed by atoms with Gasteiger partial charge in [-0.1, -0.05) is 18.2 Å². The number of nitrogens with zero attached hydrogens (tertiary/aromatic N) is 1. The molecule has 0 spiro atoms. The minimum Gasteiger partial charge on any atom is -0.480 e. The van der Waals surface area contributed by atoms with Crippen molar-refractivity contribution in [1.82, 2.24) is 10.6 Å². The topological polar surface area (TPSA) is 98.7 Å². The zero-order chi connectivity index (χ0) is 15.2. The summed E-state index contributed by atoms with van der Waals surface area (Å²) in [5.74, 6) is -1.40. The summed E-state index contributed by atoms with van der Waals surface area (Å²) in [5.41, 5.74) is 0.458. The predicted molar refractivity (Wildman–Crippen MR) is 76.0 cm³/mol. The molecule has 112 valence electrons. The van der Waals surface area contributed by atoms with Crippen LogP contribution in [0.4, 0.5) is 10.5 Å². The minimum absolute atomic E-state index is 0.168. The number of amides is 3. The van der Waals surface area contributed by atoms with Crippen LogP contribution in [0.5, 0.6) is 0 Å². The van der Waals surface area contributed by atoms with E-state index >= 15 is 0 Å². The standard InChI is InChI=1S/C14H17N3O4/c18-12(16-10-6-7-10)8-15-14(21)17(9-13(19)20)11-4-2-1-3-5-11/h1-5,10H,6-9H2,(H,15,21)(H,16,18)(H,19,20). The third-order valence-electron chi connectivity index (χ3n) is 2.95. The van der Waals surface area contributed by atoms with Crippen LogP contribution >= 0.6 is 0 Å². The van der Waals surface area contributed by atoms with Crippen LogP contribution in [0.25, 0.3) is 0 Å². The van der Waals surface area contributed by atoms with Gasteiger partial charge in [-0.3, -0.25) is 14.5 Å². The zero-order valence-corrected chi connectivity index (χ0v) is 11.4. The Kier molecular flexibility index (Phi) is 4.76. The van der Waals surface area contributed by atoms with Crippen LogP contribution in [0.2, 0.25) is 0 Å². The van der Waals surface area contributed by atoms with Gasteiger partial charge in [-0.2, -0.15) is 0 Å². The van der Waals surface area contributed by atoms with E-state index in [1.807, 2.05) is 0 Å². The van der Waals surface area contributed by atoms with Gasteiger partial charge < -0.3 is 15.7 Å². The molecular weight excluding hydrogens is 274 g/mol. The smallest absolute Gasteiger partial charge is 0.323 e. The molecule has 1 aromatic rings. The summed E-state index contributed by atoms with van der Waals surface area (Å²) >= 11 is 0. The lowest BCUT2D eigenvalue weighted by molar-refractivity contribution is -0.135. The van der Waals surface area contributed by atoms with E-state index in [1.54, 1.807) is 30.3 Å². The first-order chi connectivity index (χ1) is 10.1. The van der Waals surface area contributed by atoms with Crippen molar-refractivity contribution < 1.29 is 19.5 Å². The van der Waals surface area contributed by atoms with Crippen LogP contribution in [0.3, 0.4) is 0 Å². The molecule has 1 aliphatic carbocycles. The molecule has 7 heteroatoms. The largest absolute Gasteiger partial charge is 0.480 e. The molecule has 21 heavy (non-hydrogen) atoms. The number of carboxylic acids is 1. The molecule has 0 heterocycles. The Morgan fingerprint density at radius 3 is 2.43 bits per heavy atom. The molecule has 1 saturated carbocycles. The molecule has 0 atom stereocenters. The fraction of sp³-hybridized carbons (Fsp3) is 0.357. The lowest BCUT2D eigenvalue weighted by atomic mass is 10.3. The monoisotopic (exact) mass is 291 g/mol. The Bertz CT molecular complexity index is 528. The van der Waals surface area contributed by atoms with Gasteiger partial charge in [0.25, 0.3) is 0 Å². The molecule has 1 aromatic carbocycles. The molecule has 0 unspecified atom stereocenters. The fourth-order valence-corrected chi connectivity index (χ4v) is 1.78. The van der Waals surface area contributed by atoms with Gasteiger partial charge in [0.1, 0.15) is 6.54 Å². The number of rotatable bonds is 6. The third-order valence-corrected chi connectivity index (χ3v) is 2.95. The maximum atomic E-state index is 12.1. The number of para-hydroxylation sites is 1. The quantitative estimate of drug-likeness (QED) is 0.713. The highest BCUT2D eigenvalue weighted by Crippen LogP contribution is 2.18. The normalized spacial score (nSPS) is 13.3. The van der Waals surface area contributed by atoms with E-state index < -0.39 is 18.5 Å². The number of nitrogens with one attached hydrogen (secondary N) is 2. The van der Waals surface area contributed by atoms with E-state index in [1.165, 1.54) is 0 Å². The molecule has 2 rings (SSSR count). The summed E-state index contributed by atoms with van der Waals surface area (Å²) < 4.78 is 0. The maximum absolute atomic E-state index is 12.1. The molecule has 0 aliphatic heterocycles. The lowest BCUT2D eigenvalue weighted by Gasteiger charge is -2.21. The van der Waals surface area contributed by atoms with E-state index in [0.29, 0.717) is 5.69 Å². The number of anilines is 1. The Hall–Kier alpha value is -2.57. The van der Waals surface area contributed by atoms with Crippen LogP contribution in [-0.2, 0) is 9.59 Å². The Balaban J connectivity index is 1.93. The summed E-state index contributed by atoms with van der Waals surface area (Å²) in [6.45, 7) is -0.640. The number of benzene rings is 1. The highest BCUT2D eigenvalue weighted by molar-refractivity contribution is 5.97. The molecule has 0 aromatic heterocycles. The number of carboxylic acid groups (broad SMARTS) is 1. The van der Waals surface area contributed by atoms with Gasteiger partial charge in [0, 0.05) is 11.7 Å². The van der Waals surface area contributed by atoms with Gasteiger partial charge in [-0.05, 0) is 25.0 Å². The fourth-order valence-electron chi connectivity index (χ4n) is 1.78. The van der Waals surface area contributed by atoms with Crippen molar-refractivity contribution in [2.75, 3.05) is 18.0 Å². The van der Waals surface area contributed by atoms with Gasteiger partial charge in [0.05, 0.1) is 6.54 Å². The predicted octanol–water partition coefficient (Wildman–Crippen LogP) is 0.566. The molecule has 0 bridgehead atoms. The van der Waals surface area contributed by atoms with E-state index in [9.17, 15) is 14.4 Å². The van der Waals surface area contributed by atoms with Crippen molar-refractivity contribution >= 4 is 23.6 Å². The van der Waals surface area contributed by atoms with Gasteiger partial charge in [0.15, 0.2) is 0 Å². The SMILES string of the molecule is O=C(O)CN(C(=O)NCC(=O)NC1CC1)c1ccccc1. The zero-order valence-electron chi connectivity index (χ0n) is 11.4. The Morgan fingerprint density at radius 2 is 1.86 bits per heavy atom. The summed E-state index contributed by atoms with van der Waals surface area (Å²) in [6.07, 6.45) is 1.93. The number of carbonyl (C=O) groups is 3. The molecule has 1 aliphatic rings. The highest BCUT2D eigenvalue weighted by Gasteiger charge is 2.24. The Labute approximate surface area is 121 Å². The lowest BCUT2D eigenvalue weighted by Crippen LogP contribution is -2.46. The van der Waals surface area contributed by atoms with Crippen LogP contribution < -0.4 is 15.5 Å². The molecular formula is C14H17N3O4. The summed E-state index contributed by atoms with van der Waals surface area (Å²) in [4.78, 5) is 35.5. The first kappa shape index (κ1) is 14.8. The molecule has 0 radical (unpaired) electrons. The average molecular weight is 291 g/mol. The van der Waals surface area contributed by atoms with Gasteiger partial charge in [0.2, 0.25) is 5.91 Å². The van der Waals surface area contributed by atoms with Gasteiger partial charge in [-0.25, -0.2) is 4.79 Å². The first-order valence-electron chi connectivity index (χ1n) is 6.68. The van der Waals surface area contributed by atoms with Crippen LogP contribution in [0, 0.1) is 0 Å². The molecule has 7 nitrogen and oxygen atoms in total. The van der Waals surface area contributed by atoms with Crippen molar-refractivity contribution in [2.24, 2.45) is 0 Å². The van der Waals surface area contributed by atoms with E-state index in [4.69, 9.17) is 5.11 Å². The molecule has 3 N–H and O–H groups in total. The second-order valence-corrected chi connectivity index (χ2v) is 4.82. The van der Waals surface area contributed by atoms with Crippen molar-refractivity contribution in [2.45, 2.75) is 18.9 Å². The number of urea groups is 1. The van der Waals surface area contributed by atoms with Crippen LogP contribution in [0.1, 0.15) is 12.8 Å². The Morgan fingerprint density at radius 1 is 1.19 bits per heavy atom. The molecule has 3 amide bonds. The van der Waals surface area contributed by atoms with Crippen LogP contribution in [0.15, 0.2) is 30.3 Å². The van der Waals surface area contributed by atoms with Crippen molar-refractivity contribution in [3.8, 4) is 0 Å². The highest BCUT2D eigenvalue weighted by atomic mass is 16.4. The summed E-state index contributed by atoms with van der Waals surface area (Å²) in [7, 11) is 0. The number of aliphatic carboxylic acids is 1. The molecule has 1 fully saturated rings. The number of carbonyl (C=O) groups excluding carboxylic acids is 2. The van der Waals surface area contributed by atoms with E-state index in [0.717, 1.165) is 17.7 Å². The van der Waals surface area contributed by atoms with Crippen molar-refractivity contribution in [1.29, 1.82) is 0 Å². The average Bonchev–Trinajstić information content (AvgIpc) is 3.27. The minimum atomic E-state index is -1.13. The van der Waals surface area contributed by atoms with E-state index in [2.05, 4.69) is 10.6 Å². The van der Waals surface area contributed by atoms with Crippen molar-refractivity contribution in [3.63, 3.8) is 0 Å². The third kappa shape index (κ3) is 4.79. The number of hydrogen-bond donors (Lipinski definition) is 3. The van der Waals surface area contributed by atoms with Crippen molar-refractivity contribution in [3.05, 3.63) is 30.3 Å². The van der Waals surface area contributed by atoms with Gasteiger partial charge >= 0.3 is 12.0 Å². The molecule has 0 saturated heterocycles. The summed E-state index contributed by atoms with van der Waals surface area (Å²) in [6, 6.07) is 8.05. The van der Waals surface area contributed by atoms with Crippen LogP contribution in [-0.4, -0.2) is 42.1 Å². The maximum Gasteiger partial charge on any atom is 0.323 e. The second kappa shape index (κ2) is 6.74. The second-order valence-electron chi connectivity index (χ2n) is 4.82. The van der Waals surface area contributed by atoms with E-state index in [-0.39, 0.29) is 18.5 Å². The van der Waals surface area contributed by atoms with Gasteiger partial charge in [-0.15, -0.1) is 0 Å². The summed E-state index contributed by atoms with van der Waals surface area (Å²) in [5, 5.41) is 14.1. The number of hydrogen-bond acceptors (Lipinski definition) is 3.